The van der Waals surface area contributed by atoms with Gasteiger partial charge >= 0.3 is 0 Å². The molecule has 0 aromatic heterocycles. The SMILES string of the molecule is CCCNCC1CCN(CCC(C)(C)O)CC1. The molecule has 0 unspecified atom stereocenters. The molecule has 0 aromatic rings. The highest BCUT2D eigenvalue weighted by molar-refractivity contribution is 4.76. The van der Waals surface area contributed by atoms with Gasteiger partial charge < -0.3 is 15.3 Å². The third kappa shape index (κ3) is 7.02. The van der Waals surface area contributed by atoms with Crippen molar-refractivity contribution in [3.8, 4) is 0 Å². The Bertz CT molecular complexity index is 193. The Hall–Kier alpha value is -0.120. The summed E-state index contributed by atoms with van der Waals surface area (Å²) in [5, 5.41) is 13.2. The Labute approximate surface area is 107 Å². The second-order valence-corrected chi connectivity index (χ2v) is 6.05. The summed E-state index contributed by atoms with van der Waals surface area (Å²) in [4.78, 5) is 2.49. The Kier molecular flexibility index (Phi) is 6.45. The van der Waals surface area contributed by atoms with Gasteiger partial charge in [0, 0.05) is 6.54 Å². The molecule has 1 saturated heterocycles. The van der Waals surface area contributed by atoms with Crippen LogP contribution in [0.3, 0.4) is 0 Å². The second-order valence-electron chi connectivity index (χ2n) is 6.05. The zero-order chi connectivity index (χ0) is 12.7. The molecule has 0 radical (unpaired) electrons. The number of rotatable bonds is 7. The second kappa shape index (κ2) is 7.34. The Morgan fingerprint density at radius 2 is 1.94 bits per heavy atom. The molecule has 2 N–H and O–H groups in total. The lowest BCUT2D eigenvalue weighted by molar-refractivity contribution is 0.0521. The molecular weight excluding hydrogens is 212 g/mol. The van der Waals surface area contributed by atoms with Crippen LogP contribution in [0.4, 0.5) is 0 Å². The van der Waals surface area contributed by atoms with E-state index in [9.17, 15) is 5.11 Å². The van der Waals surface area contributed by atoms with Crippen LogP contribution in [0.2, 0.25) is 0 Å². The molecule has 0 aromatic carbocycles. The van der Waals surface area contributed by atoms with Crippen LogP contribution in [0.1, 0.15) is 46.5 Å². The molecule has 0 amide bonds. The quantitative estimate of drug-likeness (QED) is 0.669. The van der Waals surface area contributed by atoms with E-state index in [1.807, 2.05) is 13.8 Å². The molecule has 0 saturated carbocycles. The summed E-state index contributed by atoms with van der Waals surface area (Å²) in [6, 6.07) is 0. The van der Waals surface area contributed by atoms with Gasteiger partial charge in [-0.1, -0.05) is 6.92 Å². The van der Waals surface area contributed by atoms with E-state index in [-0.39, 0.29) is 0 Å². The summed E-state index contributed by atoms with van der Waals surface area (Å²) in [5.74, 6) is 0.861. The van der Waals surface area contributed by atoms with Crippen LogP contribution in [-0.4, -0.2) is 48.3 Å². The molecule has 1 fully saturated rings. The Morgan fingerprint density at radius 1 is 1.29 bits per heavy atom. The maximum absolute atomic E-state index is 9.71. The predicted octanol–water partition coefficient (Wildman–Crippen LogP) is 1.86. The molecular formula is C14H30N2O. The molecule has 1 aliphatic rings. The van der Waals surface area contributed by atoms with E-state index in [1.54, 1.807) is 0 Å². The first kappa shape index (κ1) is 14.9. The number of hydrogen-bond donors (Lipinski definition) is 2. The number of aliphatic hydroxyl groups is 1. The predicted molar refractivity (Wildman–Crippen MR) is 73.2 cm³/mol. The fourth-order valence-electron chi connectivity index (χ4n) is 2.33. The minimum absolute atomic E-state index is 0.514. The largest absolute Gasteiger partial charge is 0.390 e. The van der Waals surface area contributed by atoms with Crippen molar-refractivity contribution in [2.24, 2.45) is 5.92 Å². The molecule has 1 aliphatic heterocycles. The average Bonchev–Trinajstić information content (AvgIpc) is 2.27. The van der Waals surface area contributed by atoms with Crippen LogP contribution in [0.25, 0.3) is 0 Å². The minimum atomic E-state index is -0.514. The van der Waals surface area contributed by atoms with Crippen LogP contribution in [-0.2, 0) is 0 Å². The Morgan fingerprint density at radius 3 is 2.47 bits per heavy atom. The first-order valence-corrected chi connectivity index (χ1v) is 7.16. The lowest BCUT2D eigenvalue weighted by Gasteiger charge is -2.33. The van der Waals surface area contributed by atoms with Crippen LogP contribution in [0.5, 0.6) is 0 Å². The lowest BCUT2D eigenvalue weighted by Crippen LogP contribution is -2.39. The van der Waals surface area contributed by atoms with Crippen molar-refractivity contribution in [2.45, 2.75) is 52.1 Å². The van der Waals surface area contributed by atoms with Crippen molar-refractivity contribution in [3.63, 3.8) is 0 Å². The van der Waals surface area contributed by atoms with Crippen LogP contribution >= 0.6 is 0 Å². The van der Waals surface area contributed by atoms with E-state index in [1.165, 1.54) is 38.9 Å². The molecule has 102 valence electrons. The van der Waals surface area contributed by atoms with Crippen molar-refractivity contribution >= 4 is 0 Å². The zero-order valence-electron chi connectivity index (χ0n) is 11.8. The third-order valence-electron chi connectivity index (χ3n) is 3.61. The normalized spacial score (nSPS) is 19.8. The summed E-state index contributed by atoms with van der Waals surface area (Å²) >= 11 is 0. The first-order chi connectivity index (χ1) is 8.01. The maximum Gasteiger partial charge on any atom is 0.0603 e. The van der Waals surface area contributed by atoms with Gasteiger partial charge in [0.05, 0.1) is 5.60 Å². The highest BCUT2D eigenvalue weighted by Gasteiger charge is 2.20. The van der Waals surface area contributed by atoms with Crippen molar-refractivity contribution < 1.29 is 5.11 Å². The van der Waals surface area contributed by atoms with E-state index >= 15 is 0 Å². The van der Waals surface area contributed by atoms with Gasteiger partial charge in [0.15, 0.2) is 0 Å². The van der Waals surface area contributed by atoms with Gasteiger partial charge in [0.2, 0.25) is 0 Å². The molecule has 17 heavy (non-hydrogen) atoms. The van der Waals surface area contributed by atoms with Gasteiger partial charge in [0.1, 0.15) is 0 Å². The number of piperidine rings is 1. The van der Waals surface area contributed by atoms with Crippen molar-refractivity contribution in [2.75, 3.05) is 32.7 Å². The van der Waals surface area contributed by atoms with E-state index in [4.69, 9.17) is 0 Å². The Balaban J connectivity index is 2.09. The smallest absolute Gasteiger partial charge is 0.0603 e. The van der Waals surface area contributed by atoms with Crippen LogP contribution in [0.15, 0.2) is 0 Å². The molecule has 0 atom stereocenters. The number of nitrogens with one attached hydrogen (secondary N) is 1. The van der Waals surface area contributed by atoms with E-state index < -0.39 is 5.60 Å². The highest BCUT2D eigenvalue weighted by atomic mass is 16.3. The molecule has 1 rings (SSSR count). The number of likely N-dealkylation sites (tertiary alicyclic amines) is 1. The van der Waals surface area contributed by atoms with Gasteiger partial charge in [-0.05, 0) is 71.6 Å². The fraction of sp³-hybridized carbons (Fsp3) is 1.00. The molecule has 1 heterocycles. The number of hydrogen-bond acceptors (Lipinski definition) is 3. The third-order valence-corrected chi connectivity index (χ3v) is 3.61. The summed E-state index contributed by atoms with van der Waals surface area (Å²) in [7, 11) is 0. The fourth-order valence-corrected chi connectivity index (χ4v) is 2.33. The van der Waals surface area contributed by atoms with Gasteiger partial charge in [-0.3, -0.25) is 0 Å². The molecule has 0 spiro atoms. The molecule has 3 nitrogen and oxygen atoms in total. The van der Waals surface area contributed by atoms with E-state index in [0.717, 1.165) is 25.4 Å². The topological polar surface area (TPSA) is 35.5 Å². The van der Waals surface area contributed by atoms with Crippen LogP contribution < -0.4 is 5.32 Å². The van der Waals surface area contributed by atoms with Crippen molar-refractivity contribution in [3.05, 3.63) is 0 Å². The van der Waals surface area contributed by atoms with E-state index in [2.05, 4.69) is 17.1 Å². The van der Waals surface area contributed by atoms with Gasteiger partial charge in [-0.15, -0.1) is 0 Å². The zero-order valence-corrected chi connectivity index (χ0v) is 11.8. The molecule has 0 bridgehead atoms. The summed E-state index contributed by atoms with van der Waals surface area (Å²) in [6.07, 6.45) is 4.72. The summed E-state index contributed by atoms with van der Waals surface area (Å²) in [6.45, 7) is 11.8. The summed E-state index contributed by atoms with van der Waals surface area (Å²) < 4.78 is 0. The lowest BCUT2D eigenvalue weighted by atomic mass is 9.96. The maximum atomic E-state index is 9.71. The van der Waals surface area contributed by atoms with Crippen molar-refractivity contribution in [1.29, 1.82) is 0 Å². The molecule has 0 aliphatic carbocycles. The number of nitrogens with zero attached hydrogens (tertiary/aromatic N) is 1. The summed E-state index contributed by atoms with van der Waals surface area (Å²) in [5.41, 5.74) is -0.514. The van der Waals surface area contributed by atoms with E-state index in [0.29, 0.717) is 0 Å². The van der Waals surface area contributed by atoms with Gasteiger partial charge in [-0.25, -0.2) is 0 Å². The molecule has 3 heteroatoms. The van der Waals surface area contributed by atoms with Crippen molar-refractivity contribution in [1.82, 2.24) is 10.2 Å². The minimum Gasteiger partial charge on any atom is -0.390 e. The van der Waals surface area contributed by atoms with Gasteiger partial charge in [0.25, 0.3) is 0 Å². The average molecular weight is 242 g/mol. The van der Waals surface area contributed by atoms with Gasteiger partial charge in [-0.2, -0.15) is 0 Å². The highest BCUT2D eigenvalue weighted by Crippen LogP contribution is 2.18. The standard InChI is InChI=1S/C14H30N2O/c1-4-8-15-12-13-5-9-16(10-6-13)11-7-14(2,3)17/h13,15,17H,4-12H2,1-3H3. The first-order valence-electron chi connectivity index (χ1n) is 7.16. The van der Waals surface area contributed by atoms with Crippen LogP contribution in [0, 0.1) is 5.92 Å². The monoisotopic (exact) mass is 242 g/mol.